The Balaban J connectivity index is 2.03. The van der Waals surface area contributed by atoms with Crippen LogP contribution in [0.1, 0.15) is 19.3 Å². The highest BCUT2D eigenvalue weighted by atomic mass is 32.1. The summed E-state index contributed by atoms with van der Waals surface area (Å²) in [7, 11) is 0. The van der Waals surface area contributed by atoms with Crippen molar-refractivity contribution in [3.05, 3.63) is 29.6 Å². The highest BCUT2D eigenvalue weighted by molar-refractivity contribution is 7.17. The summed E-state index contributed by atoms with van der Waals surface area (Å²) >= 11 is 1.51. The number of thiophene rings is 1. The molecule has 1 atom stereocenters. The summed E-state index contributed by atoms with van der Waals surface area (Å²) in [6.07, 6.45) is -2.46. The Morgan fingerprint density at radius 2 is 1.95 bits per heavy atom. The Bertz CT molecular complexity index is 575. The third-order valence-electron chi connectivity index (χ3n) is 3.65. The molecule has 102 valence electrons. The van der Waals surface area contributed by atoms with Gasteiger partial charge in [0.25, 0.3) is 0 Å². The maximum atomic E-state index is 13.1. The van der Waals surface area contributed by atoms with E-state index >= 15 is 0 Å². The van der Waals surface area contributed by atoms with Crippen molar-refractivity contribution >= 4 is 27.1 Å². The molecule has 0 spiro atoms. The average molecular weight is 285 g/mol. The lowest BCUT2D eigenvalue weighted by Gasteiger charge is -2.38. The van der Waals surface area contributed by atoms with Crippen LogP contribution in [0.3, 0.4) is 0 Å². The fourth-order valence-corrected chi connectivity index (χ4v) is 3.70. The SMILES string of the molecule is FC(F)(F)C1CCCCN1c1csc2ccccc12. The number of hydrogen-bond donors (Lipinski definition) is 0. The molecule has 19 heavy (non-hydrogen) atoms. The number of benzene rings is 1. The minimum absolute atomic E-state index is 0.202. The quantitative estimate of drug-likeness (QED) is 0.726. The van der Waals surface area contributed by atoms with Gasteiger partial charge in [0.15, 0.2) is 0 Å². The Morgan fingerprint density at radius 1 is 1.16 bits per heavy atom. The second-order valence-electron chi connectivity index (χ2n) is 4.86. The molecule has 1 nitrogen and oxygen atoms in total. The van der Waals surface area contributed by atoms with Crippen molar-refractivity contribution in [2.45, 2.75) is 31.5 Å². The van der Waals surface area contributed by atoms with E-state index in [9.17, 15) is 13.2 Å². The predicted molar refractivity (Wildman–Crippen MR) is 72.9 cm³/mol. The number of alkyl halides is 3. The third kappa shape index (κ3) is 2.31. The summed E-state index contributed by atoms with van der Waals surface area (Å²) in [5, 5.41) is 2.79. The van der Waals surface area contributed by atoms with Crippen LogP contribution in [0.2, 0.25) is 0 Å². The summed E-state index contributed by atoms with van der Waals surface area (Å²) < 4.78 is 40.5. The summed E-state index contributed by atoms with van der Waals surface area (Å²) in [5.74, 6) is 0. The van der Waals surface area contributed by atoms with E-state index in [2.05, 4.69) is 0 Å². The van der Waals surface area contributed by atoms with Crippen LogP contribution in [0.15, 0.2) is 29.6 Å². The van der Waals surface area contributed by atoms with Gasteiger partial charge in [0.2, 0.25) is 0 Å². The normalized spacial score (nSPS) is 21.0. The molecule has 1 aliphatic rings. The van der Waals surface area contributed by atoms with Gasteiger partial charge in [-0.05, 0) is 25.3 Å². The smallest absolute Gasteiger partial charge is 0.359 e. The number of nitrogens with zero attached hydrogens (tertiary/aromatic N) is 1. The maximum absolute atomic E-state index is 13.1. The van der Waals surface area contributed by atoms with E-state index in [0.29, 0.717) is 13.0 Å². The lowest BCUT2D eigenvalue weighted by molar-refractivity contribution is -0.152. The van der Waals surface area contributed by atoms with Crippen LogP contribution < -0.4 is 4.90 Å². The first-order chi connectivity index (χ1) is 9.07. The van der Waals surface area contributed by atoms with Gasteiger partial charge >= 0.3 is 6.18 Å². The summed E-state index contributed by atoms with van der Waals surface area (Å²) in [6.45, 7) is 0.491. The lowest BCUT2D eigenvalue weighted by atomic mass is 10.0. The first kappa shape index (κ1) is 12.8. The Hall–Kier alpha value is -1.23. The molecule has 0 amide bonds. The van der Waals surface area contributed by atoms with Crippen molar-refractivity contribution in [2.75, 3.05) is 11.4 Å². The Kier molecular flexibility index (Phi) is 3.17. The molecule has 2 heterocycles. The van der Waals surface area contributed by atoms with Crippen molar-refractivity contribution < 1.29 is 13.2 Å². The highest BCUT2D eigenvalue weighted by Gasteiger charge is 2.45. The van der Waals surface area contributed by atoms with Crippen LogP contribution in [0.25, 0.3) is 10.1 Å². The van der Waals surface area contributed by atoms with E-state index in [1.54, 1.807) is 4.90 Å². The van der Waals surface area contributed by atoms with Crippen molar-refractivity contribution in [2.24, 2.45) is 0 Å². The van der Waals surface area contributed by atoms with Crippen LogP contribution in [0.4, 0.5) is 18.9 Å². The van der Waals surface area contributed by atoms with Crippen molar-refractivity contribution in [3.8, 4) is 0 Å². The zero-order valence-electron chi connectivity index (χ0n) is 10.3. The number of rotatable bonds is 1. The topological polar surface area (TPSA) is 3.24 Å². The van der Waals surface area contributed by atoms with Gasteiger partial charge in [-0.15, -0.1) is 11.3 Å². The molecule has 0 saturated carbocycles. The molecule has 3 rings (SSSR count). The zero-order chi connectivity index (χ0) is 13.5. The molecule has 0 bridgehead atoms. The molecule has 1 aliphatic heterocycles. The molecule has 2 aromatic rings. The predicted octanol–water partition coefficient (Wildman–Crippen LogP) is 4.82. The minimum Gasteiger partial charge on any atom is -0.359 e. The molecule has 1 aromatic heterocycles. The minimum atomic E-state index is -4.15. The van der Waals surface area contributed by atoms with Gasteiger partial charge in [-0.2, -0.15) is 13.2 Å². The first-order valence-corrected chi connectivity index (χ1v) is 7.25. The van der Waals surface area contributed by atoms with Crippen molar-refractivity contribution in [1.82, 2.24) is 0 Å². The van der Waals surface area contributed by atoms with E-state index in [4.69, 9.17) is 0 Å². The molecule has 5 heteroatoms. The summed E-state index contributed by atoms with van der Waals surface area (Å²) in [5.41, 5.74) is 0.739. The summed E-state index contributed by atoms with van der Waals surface area (Å²) in [6, 6.07) is 6.32. The van der Waals surface area contributed by atoms with Gasteiger partial charge in [-0.3, -0.25) is 0 Å². The number of hydrogen-bond acceptors (Lipinski definition) is 2. The molecule has 1 aromatic carbocycles. The Morgan fingerprint density at radius 3 is 2.74 bits per heavy atom. The van der Waals surface area contributed by atoms with Crippen LogP contribution >= 0.6 is 11.3 Å². The van der Waals surface area contributed by atoms with Gasteiger partial charge in [-0.1, -0.05) is 18.2 Å². The first-order valence-electron chi connectivity index (χ1n) is 6.37. The van der Waals surface area contributed by atoms with E-state index < -0.39 is 12.2 Å². The molecular weight excluding hydrogens is 271 g/mol. The number of anilines is 1. The molecule has 1 fully saturated rings. The number of piperidine rings is 1. The zero-order valence-corrected chi connectivity index (χ0v) is 11.1. The van der Waals surface area contributed by atoms with Gasteiger partial charge in [0, 0.05) is 22.0 Å². The maximum Gasteiger partial charge on any atom is 0.408 e. The number of fused-ring (bicyclic) bond motifs is 1. The monoisotopic (exact) mass is 285 g/mol. The van der Waals surface area contributed by atoms with E-state index in [1.165, 1.54) is 11.3 Å². The number of halogens is 3. The molecule has 1 saturated heterocycles. The fourth-order valence-electron chi connectivity index (χ4n) is 2.75. The third-order valence-corrected chi connectivity index (χ3v) is 4.60. The molecule has 0 N–H and O–H groups in total. The fraction of sp³-hybridized carbons (Fsp3) is 0.429. The van der Waals surface area contributed by atoms with Crippen LogP contribution in [0.5, 0.6) is 0 Å². The highest BCUT2D eigenvalue weighted by Crippen LogP contribution is 2.40. The molecule has 0 aliphatic carbocycles. The van der Waals surface area contributed by atoms with Crippen LogP contribution in [0, 0.1) is 0 Å². The molecule has 0 radical (unpaired) electrons. The van der Waals surface area contributed by atoms with E-state index in [-0.39, 0.29) is 6.42 Å². The lowest BCUT2D eigenvalue weighted by Crippen LogP contribution is -2.48. The van der Waals surface area contributed by atoms with E-state index in [0.717, 1.165) is 22.2 Å². The Labute approximate surface area is 113 Å². The van der Waals surface area contributed by atoms with Gasteiger partial charge in [0.05, 0.1) is 5.69 Å². The second-order valence-corrected chi connectivity index (χ2v) is 5.77. The van der Waals surface area contributed by atoms with Crippen LogP contribution in [-0.4, -0.2) is 18.8 Å². The van der Waals surface area contributed by atoms with Crippen LogP contribution in [-0.2, 0) is 0 Å². The van der Waals surface area contributed by atoms with Gasteiger partial charge in [0.1, 0.15) is 6.04 Å². The average Bonchev–Trinajstić information content (AvgIpc) is 2.81. The van der Waals surface area contributed by atoms with Crippen molar-refractivity contribution in [3.63, 3.8) is 0 Å². The molecular formula is C14H14F3NS. The van der Waals surface area contributed by atoms with Gasteiger partial charge < -0.3 is 4.90 Å². The molecule has 1 unspecified atom stereocenters. The van der Waals surface area contributed by atoms with Gasteiger partial charge in [-0.25, -0.2) is 0 Å². The van der Waals surface area contributed by atoms with Crippen molar-refractivity contribution in [1.29, 1.82) is 0 Å². The summed E-state index contributed by atoms with van der Waals surface area (Å²) in [4.78, 5) is 1.54. The standard InChI is InChI=1S/C14H14F3NS/c15-14(16,17)13-7-3-4-8-18(13)11-9-19-12-6-2-1-5-10(11)12/h1-2,5-6,9,13H,3-4,7-8H2. The van der Waals surface area contributed by atoms with E-state index in [1.807, 2.05) is 29.6 Å². The second kappa shape index (κ2) is 4.71. The largest absolute Gasteiger partial charge is 0.408 e.